The molecule has 0 bridgehead atoms. The van der Waals surface area contributed by atoms with Crippen LogP contribution in [0.25, 0.3) is 0 Å². The second kappa shape index (κ2) is 7.21. The Bertz CT molecular complexity index is 819. The summed E-state index contributed by atoms with van der Waals surface area (Å²) in [7, 11) is 0. The molecule has 2 fully saturated rings. The normalized spacial score (nSPS) is 21.5. The number of amides is 2. The molecule has 0 saturated carbocycles. The van der Waals surface area contributed by atoms with E-state index in [1.165, 1.54) is 15.5 Å². The summed E-state index contributed by atoms with van der Waals surface area (Å²) in [6.45, 7) is 3.52. The summed E-state index contributed by atoms with van der Waals surface area (Å²) < 4.78 is 0.770. The number of halogens is 1. The number of quaternary nitrogens is 1. The quantitative estimate of drug-likeness (QED) is 0.773. The van der Waals surface area contributed by atoms with Crippen molar-refractivity contribution in [2.75, 3.05) is 36.0 Å². The lowest BCUT2D eigenvalue weighted by atomic mass is 10.1. The van der Waals surface area contributed by atoms with Gasteiger partial charge in [0.2, 0.25) is 5.91 Å². The summed E-state index contributed by atoms with van der Waals surface area (Å²) in [5.41, 5.74) is 1.86. The monoisotopic (exact) mass is 414 g/mol. The summed E-state index contributed by atoms with van der Waals surface area (Å²) in [6, 6.07) is 17.5. The van der Waals surface area contributed by atoms with Crippen molar-refractivity contribution in [1.82, 2.24) is 0 Å². The van der Waals surface area contributed by atoms with E-state index in [9.17, 15) is 9.59 Å². The molecule has 2 aromatic rings. The summed E-state index contributed by atoms with van der Waals surface area (Å²) in [5, 5.41) is 0. The Balaban J connectivity index is 1.46. The number of rotatable bonds is 3. The molecule has 2 amide bonds. The topological polar surface area (TPSA) is 45.1 Å². The van der Waals surface area contributed by atoms with E-state index in [4.69, 9.17) is 0 Å². The lowest BCUT2D eigenvalue weighted by molar-refractivity contribution is -0.915. The van der Waals surface area contributed by atoms with E-state index in [0.29, 0.717) is 12.1 Å². The molecule has 1 atom stereocenters. The van der Waals surface area contributed by atoms with Crippen LogP contribution in [0.15, 0.2) is 59.1 Å². The van der Waals surface area contributed by atoms with Crippen molar-refractivity contribution in [2.24, 2.45) is 0 Å². The molecular formula is C20H21BrN3O2+. The summed E-state index contributed by atoms with van der Waals surface area (Å²) in [5.74, 6) is -0.185. The van der Waals surface area contributed by atoms with Crippen LogP contribution >= 0.6 is 15.9 Å². The number of hydrogen-bond donors (Lipinski definition) is 1. The van der Waals surface area contributed by atoms with Crippen LogP contribution in [0.4, 0.5) is 11.4 Å². The first-order chi connectivity index (χ1) is 12.6. The number of para-hydroxylation sites is 2. The summed E-state index contributed by atoms with van der Waals surface area (Å²) in [4.78, 5) is 30.4. The first kappa shape index (κ1) is 17.2. The average molecular weight is 415 g/mol. The number of nitrogens with zero attached hydrogens (tertiary/aromatic N) is 2. The third-order valence-corrected chi connectivity index (χ3v) is 5.93. The van der Waals surface area contributed by atoms with Crippen LogP contribution in [0, 0.1) is 0 Å². The molecule has 0 radical (unpaired) electrons. The standard InChI is InChI=1S/C20H20BrN3O2/c21-16-8-4-5-9-17(16)24-19(25)14-18(20(24)26)23-12-10-22(11-13-23)15-6-2-1-3-7-15/h1-9,18H,10-14H2/p+1/t18-/m0/s1. The van der Waals surface area contributed by atoms with Crippen LogP contribution < -0.4 is 14.7 Å². The number of hydrogen-bond acceptors (Lipinski definition) is 3. The number of carbonyl (C=O) groups excluding carboxylic acids is 2. The van der Waals surface area contributed by atoms with Crippen molar-refractivity contribution in [1.29, 1.82) is 0 Å². The largest absolute Gasteiger partial charge is 0.360 e. The first-order valence-corrected chi connectivity index (χ1v) is 9.70. The van der Waals surface area contributed by atoms with Crippen molar-refractivity contribution >= 4 is 39.1 Å². The Kier molecular flexibility index (Phi) is 4.78. The third-order valence-electron chi connectivity index (χ3n) is 5.26. The highest BCUT2D eigenvalue weighted by Crippen LogP contribution is 2.29. The fourth-order valence-corrected chi connectivity index (χ4v) is 4.34. The zero-order valence-corrected chi connectivity index (χ0v) is 16.0. The van der Waals surface area contributed by atoms with E-state index >= 15 is 0 Å². The summed E-state index contributed by atoms with van der Waals surface area (Å²) >= 11 is 3.45. The molecule has 2 aliphatic rings. The molecule has 26 heavy (non-hydrogen) atoms. The lowest BCUT2D eigenvalue weighted by Gasteiger charge is -2.35. The lowest BCUT2D eigenvalue weighted by Crippen LogP contribution is -3.19. The zero-order valence-electron chi connectivity index (χ0n) is 14.4. The van der Waals surface area contributed by atoms with Gasteiger partial charge in [0.1, 0.15) is 0 Å². The van der Waals surface area contributed by atoms with Gasteiger partial charge >= 0.3 is 0 Å². The van der Waals surface area contributed by atoms with Crippen molar-refractivity contribution in [3.63, 3.8) is 0 Å². The van der Waals surface area contributed by atoms with Gasteiger partial charge in [-0.05, 0) is 40.2 Å². The molecule has 5 nitrogen and oxygen atoms in total. The molecule has 0 aliphatic carbocycles. The highest BCUT2D eigenvalue weighted by molar-refractivity contribution is 9.10. The van der Waals surface area contributed by atoms with Crippen LogP contribution in [0.5, 0.6) is 0 Å². The smallest absolute Gasteiger partial charge is 0.292 e. The molecule has 6 heteroatoms. The Hall–Kier alpha value is -2.18. The molecule has 2 saturated heterocycles. The molecule has 0 aromatic heterocycles. The van der Waals surface area contributed by atoms with Crippen LogP contribution in [-0.4, -0.2) is 44.0 Å². The highest BCUT2D eigenvalue weighted by Gasteiger charge is 2.46. The SMILES string of the molecule is O=C1C[C@H]([NH+]2CCN(c3ccccc3)CC2)C(=O)N1c1ccccc1Br. The Morgan fingerprint density at radius 3 is 2.27 bits per heavy atom. The molecule has 2 aliphatic heterocycles. The molecule has 1 N–H and O–H groups in total. The van der Waals surface area contributed by atoms with E-state index in [1.807, 2.05) is 42.5 Å². The minimum atomic E-state index is -0.271. The van der Waals surface area contributed by atoms with E-state index in [-0.39, 0.29) is 17.9 Å². The Morgan fingerprint density at radius 2 is 1.58 bits per heavy atom. The minimum absolute atomic E-state index is 0.0786. The number of imide groups is 1. The minimum Gasteiger partial charge on any atom is -0.360 e. The van der Waals surface area contributed by atoms with Gasteiger partial charge in [-0.25, -0.2) is 4.90 Å². The molecule has 0 spiro atoms. The number of benzene rings is 2. The molecule has 2 heterocycles. The zero-order chi connectivity index (χ0) is 18.1. The average Bonchev–Trinajstić information content (AvgIpc) is 2.97. The van der Waals surface area contributed by atoms with Crippen LogP contribution in [0.3, 0.4) is 0 Å². The second-order valence-electron chi connectivity index (χ2n) is 6.76. The first-order valence-electron chi connectivity index (χ1n) is 8.91. The molecular weight excluding hydrogens is 394 g/mol. The van der Waals surface area contributed by atoms with Crippen LogP contribution in [-0.2, 0) is 9.59 Å². The van der Waals surface area contributed by atoms with Gasteiger partial charge < -0.3 is 9.80 Å². The summed E-state index contributed by atoms with van der Waals surface area (Å²) in [6.07, 6.45) is 0.292. The third kappa shape index (κ3) is 3.15. The van der Waals surface area contributed by atoms with Gasteiger partial charge in [0.05, 0.1) is 38.3 Å². The van der Waals surface area contributed by atoms with E-state index in [0.717, 1.165) is 30.7 Å². The Morgan fingerprint density at radius 1 is 0.923 bits per heavy atom. The maximum absolute atomic E-state index is 13.0. The number of anilines is 2. The maximum Gasteiger partial charge on any atom is 0.292 e. The van der Waals surface area contributed by atoms with Crippen LogP contribution in [0.2, 0.25) is 0 Å². The maximum atomic E-state index is 13.0. The van der Waals surface area contributed by atoms with Gasteiger partial charge in [0.15, 0.2) is 6.04 Å². The fourth-order valence-electron chi connectivity index (χ4n) is 3.88. The van der Waals surface area contributed by atoms with E-state index in [1.54, 1.807) is 0 Å². The number of carbonyl (C=O) groups is 2. The van der Waals surface area contributed by atoms with Crippen LogP contribution in [0.1, 0.15) is 6.42 Å². The molecule has 4 rings (SSSR count). The van der Waals surface area contributed by atoms with Gasteiger partial charge in [0.25, 0.3) is 5.91 Å². The van der Waals surface area contributed by atoms with Crippen molar-refractivity contribution in [3.8, 4) is 0 Å². The number of piperazine rings is 1. The van der Waals surface area contributed by atoms with Gasteiger partial charge in [0, 0.05) is 10.2 Å². The predicted molar refractivity (Wildman–Crippen MR) is 104 cm³/mol. The van der Waals surface area contributed by atoms with E-state index < -0.39 is 0 Å². The van der Waals surface area contributed by atoms with Crippen molar-refractivity contribution in [3.05, 3.63) is 59.1 Å². The van der Waals surface area contributed by atoms with Gasteiger partial charge in [-0.2, -0.15) is 0 Å². The van der Waals surface area contributed by atoms with Gasteiger partial charge in [-0.1, -0.05) is 30.3 Å². The molecule has 2 aromatic carbocycles. The highest BCUT2D eigenvalue weighted by atomic mass is 79.9. The molecule has 134 valence electrons. The van der Waals surface area contributed by atoms with Gasteiger partial charge in [-0.15, -0.1) is 0 Å². The van der Waals surface area contributed by atoms with Crippen molar-refractivity contribution in [2.45, 2.75) is 12.5 Å². The second-order valence-corrected chi connectivity index (χ2v) is 7.61. The fraction of sp³-hybridized carbons (Fsp3) is 0.300. The molecule has 0 unspecified atom stereocenters. The predicted octanol–water partition coefficient (Wildman–Crippen LogP) is 1.49. The van der Waals surface area contributed by atoms with E-state index in [2.05, 4.69) is 33.0 Å². The van der Waals surface area contributed by atoms with Crippen molar-refractivity contribution < 1.29 is 14.5 Å². The number of nitrogens with one attached hydrogen (secondary N) is 1. The van der Waals surface area contributed by atoms with Gasteiger partial charge in [-0.3, -0.25) is 9.59 Å². The Labute approximate surface area is 161 Å².